The lowest BCUT2D eigenvalue weighted by Crippen LogP contribution is -2.37. The van der Waals surface area contributed by atoms with E-state index in [0.29, 0.717) is 29.9 Å². The molecule has 0 saturated carbocycles. The van der Waals surface area contributed by atoms with Gasteiger partial charge in [0.05, 0.1) is 18.2 Å². The minimum Gasteiger partial charge on any atom is -0.480 e. The van der Waals surface area contributed by atoms with Crippen molar-refractivity contribution < 1.29 is 27.8 Å². The Morgan fingerprint density at radius 1 is 1.21 bits per heavy atom. The van der Waals surface area contributed by atoms with E-state index in [2.05, 4.69) is 36.9 Å². The number of nitrogens with one attached hydrogen (secondary N) is 3. The number of aliphatic carboxylic acids is 1. The number of carbonyl (C=O) groups is 1. The van der Waals surface area contributed by atoms with Crippen LogP contribution in [0.1, 0.15) is 36.9 Å². The van der Waals surface area contributed by atoms with E-state index in [0.717, 1.165) is 50.2 Å². The van der Waals surface area contributed by atoms with Crippen molar-refractivity contribution in [2.24, 2.45) is 0 Å². The van der Waals surface area contributed by atoms with Gasteiger partial charge in [-0.05, 0) is 56.7 Å². The molecule has 14 heteroatoms. The average molecular weight is 551 g/mol. The molecule has 0 saturated heterocycles. The molecule has 1 aliphatic rings. The van der Waals surface area contributed by atoms with Crippen LogP contribution in [0.3, 0.4) is 0 Å². The fourth-order valence-corrected chi connectivity index (χ4v) is 4.48. The van der Waals surface area contributed by atoms with Crippen LogP contribution in [0.15, 0.2) is 24.7 Å². The van der Waals surface area contributed by atoms with Crippen LogP contribution in [0.5, 0.6) is 0 Å². The number of carboxylic acid groups (broad SMARTS) is 1. The van der Waals surface area contributed by atoms with Crippen molar-refractivity contribution in [2.75, 3.05) is 50.0 Å². The van der Waals surface area contributed by atoms with Gasteiger partial charge in [-0.25, -0.2) is 19.7 Å². The van der Waals surface area contributed by atoms with Gasteiger partial charge in [0, 0.05) is 25.3 Å². The zero-order valence-corrected chi connectivity index (χ0v) is 21.5. The molecular formula is C25H33F3N8O3. The Bertz CT molecular complexity index is 1220. The summed E-state index contributed by atoms with van der Waals surface area (Å²) in [5, 5.41) is 23.2. The van der Waals surface area contributed by atoms with Gasteiger partial charge in [0.1, 0.15) is 30.6 Å². The Hall–Kier alpha value is -3.52. The predicted molar refractivity (Wildman–Crippen MR) is 139 cm³/mol. The summed E-state index contributed by atoms with van der Waals surface area (Å²) in [6, 6.07) is 3.19. The number of hydrogen-bond acceptors (Lipinski definition) is 9. The van der Waals surface area contributed by atoms with Crippen molar-refractivity contribution in [1.82, 2.24) is 30.0 Å². The van der Waals surface area contributed by atoms with Gasteiger partial charge in [-0.1, -0.05) is 6.07 Å². The third-order valence-corrected chi connectivity index (χ3v) is 6.52. The second-order valence-corrected chi connectivity index (χ2v) is 9.49. The summed E-state index contributed by atoms with van der Waals surface area (Å²) < 4.78 is 42.3. The molecular weight excluding hydrogens is 517 g/mol. The molecule has 0 amide bonds. The van der Waals surface area contributed by atoms with Crippen LogP contribution in [0.25, 0.3) is 11.0 Å². The molecule has 39 heavy (non-hydrogen) atoms. The van der Waals surface area contributed by atoms with Gasteiger partial charge in [-0.15, -0.1) is 0 Å². The standard InChI is InChI=1S/C25H33F3N8O3/c26-25(27,28)15-39-13-12-36(10-2-1-5-18-7-6-17-4-3-9-29-21(17)33-18)11-8-20(24(37)38)34-22-19-14-32-35-23(19)31-16-30-22/h6-7,14,16,20H,1-5,8-13,15H2,(H,29,33)(H,37,38)(H2,30,31,32,34,35)/t20-/m0/s1. The van der Waals surface area contributed by atoms with Crippen molar-refractivity contribution in [3.63, 3.8) is 0 Å². The molecule has 0 fully saturated rings. The van der Waals surface area contributed by atoms with E-state index >= 15 is 0 Å². The summed E-state index contributed by atoms with van der Waals surface area (Å²) in [6.45, 7) is 0.690. The number of fused-ring (bicyclic) bond motifs is 2. The highest BCUT2D eigenvalue weighted by atomic mass is 19.4. The molecule has 0 unspecified atom stereocenters. The number of alkyl halides is 3. The maximum Gasteiger partial charge on any atom is 0.411 e. The summed E-state index contributed by atoms with van der Waals surface area (Å²) in [7, 11) is 0. The van der Waals surface area contributed by atoms with Crippen LogP contribution in [0.2, 0.25) is 0 Å². The molecule has 0 aliphatic carbocycles. The Morgan fingerprint density at radius 2 is 2.08 bits per heavy atom. The van der Waals surface area contributed by atoms with E-state index in [4.69, 9.17) is 9.72 Å². The first-order valence-electron chi connectivity index (χ1n) is 13.0. The van der Waals surface area contributed by atoms with Gasteiger partial charge in [-0.3, -0.25) is 5.10 Å². The predicted octanol–water partition coefficient (Wildman–Crippen LogP) is 3.27. The zero-order chi connectivity index (χ0) is 27.7. The fourth-order valence-electron chi connectivity index (χ4n) is 4.48. The van der Waals surface area contributed by atoms with Crippen molar-refractivity contribution in [1.29, 1.82) is 0 Å². The van der Waals surface area contributed by atoms with Crippen LogP contribution in [0, 0.1) is 0 Å². The number of rotatable bonds is 15. The van der Waals surface area contributed by atoms with Gasteiger partial charge >= 0.3 is 12.1 Å². The van der Waals surface area contributed by atoms with Crippen LogP contribution < -0.4 is 10.6 Å². The van der Waals surface area contributed by atoms with Gasteiger partial charge < -0.3 is 25.4 Å². The number of aromatic nitrogens is 5. The average Bonchev–Trinajstić information content (AvgIpc) is 3.40. The maximum absolute atomic E-state index is 12.5. The number of aryl methyl sites for hydroxylation is 2. The molecule has 4 heterocycles. The number of carboxylic acids is 1. The quantitative estimate of drug-likeness (QED) is 0.208. The van der Waals surface area contributed by atoms with Gasteiger partial charge in [-0.2, -0.15) is 18.3 Å². The van der Waals surface area contributed by atoms with E-state index in [1.54, 1.807) is 0 Å². The number of anilines is 2. The molecule has 3 aromatic rings. The number of aromatic amines is 1. The Kier molecular flexibility index (Phi) is 9.87. The van der Waals surface area contributed by atoms with E-state index < -0.39 is 24.8 Å². The summed E-state index contributed by atoms with van der Waals surface area (Å²) in [5.74, 6) is 0.227. The van der Waals surface area contributed by atoms with Gasteiger partial charge in [0.2, 0.25) is 0 Å². The Morgan fingerprint density at radius 3 is 2.90 bits per heavy atom. The number of H-pyrrole nitrogens is 1. The highest BCUT2D eigenvalue weighted by Gasteiger charge is 2.27. The second kappa shape index (κ2) is 13.5. The van der Waals surface area contributed by atoms with Crippen LogP contribution >= 0.6 is 0 Å². The normalized spacial score (nSPS) is 14.3. The van der Waals surface area contributed by atoms with Gasteiger partial charge in [0.25, 0.3) is 0 Å². The van der Waals surface area contributed by atoms with Crippen molar-refractivity contribution in [3.8, 4) is 0 Å². The third-order valence-electron chi connectivity index (χ3n) is 6.52. The smallest absolute Gasteiger partial charge is 0.411 e. The minimum absolute atomic E-state index is 0.107. The number of hydrogen-bond donors (Lipinski definition) is 4. The molecule has 0 bridgehead atoms. The number of halogens is 3. The highest BCUT2D eigenvalue weighted by Crippen LogP contribution is 2.21. The summed E-state index contributed by atoms with van der Waals surface area (Å²) in [4.78, 5) is 26.8. The molecule has 0 radical (unpaired) electrons. The fraction of sp³-hybridized carbons (Fsp3) is 0.560. The monoisotopic (exact) mass is 550 g/mol. The number of ether oxygens (including phenoxy) is 1. The molecule has 11 nitrogen and oxygen atoms in total. The van der Waals surface area contributed by atoms with Crippen molar-refractivity contribution in [3.05, 3.63) is 35.9 Å². The van der Waals surface area contributed by atoms with Crippen molar-refractivity contribution in [2.45, 2.75) is 50.7 Å². The molecule has 212 valence electrons. The first-order chi connectivity index (χ1) is 18.8. The van der Waals surface area contributed by atoms with E-state index in [-0.39, 0.29) is 19.6 Å². The third kappa shape index (κ3) is 8.75. The lowest BCUT2D eigenvalue weighted by molar-refractivity contribution is -0.174. The lowest BCUT2D eigenvalue weighted by Gasteiger charge is -2.25. The van der Waals surface area contributed by atoms with Crippen molar-refractivity contribution >= 4 is 28.6 Å². The Labute approximate surface area is 223 Å². The summed E-state index contributed by atoms with van der Waals surface area (Å²) >= 11 is 0. The minimum atomic E-state index is -4.39. The number of nitrogens with zero attached hydrogens (tertiary/aromatic N) is 5. The highest BCUT2D eigenvalue weighted by molar-refractivity contribution is 5.88. The molecule has 1 aliphatic heterocycles. The maximum atomic E-state index is 12.5. The molecule has 3 aromatic heterocycles. The molecule has 1 atom stereocenters. The first kappa shape index (κ1) is 28.5. The summed E-state index contributed by atoms with van der Waals surface area (Å²) in [6.07, 6.45) is 3.14. The first-order valence-corrected chi connectivity index (χ1v) is 13.0. The van der Waals surface area contributed by atoms with Crippen LogP contribution in [-0.4, -0.2) is 92.7 Å². The van der Waals surface area contributed by atoms with E-state index in [1.165, 1.54) is 18.1 Å². The van der Waals surface area contributed by atoms with Gasteiger partial charge in [0.15, 0.2) is 5.65 Å². The molecule has 0 aromatic carbocycles. The Balaban J connectivity index is 1.30. The SMILES string of the molecule is O=C(O)[C@H](CCN(CCCCc1ccc2c(n1)NCCC2)CCOCC(F)(F)F)Nc1ncnc2[nH]ncc12. The topological polar surface area (TPSA) is 141 Å². The summed E-state index contributed by atoms with van der Waals surface area (Å²) in [5.41, 5.74) is 2.70. The number of pyridine rings is 1. The second-order valence-electron chi connectivity index (χ2n) is 9.49. The van der Waals surface area contributed by atoms with Crippen LogP contribution in [0.4, 0.5) is 24.8 Å². The van der Waals surface area contributed by atoms with Crippen LogP contribution in [-0.2, 0) is 22.4 Å². The zero-order valence-electron chi connectivity index (χ0n) is 21.5. The molecule has 4 rings (SSSR count). The van der Waals surface area contributed by atoms with E-state index in [9.17, 15) is 23.1 Å². The lowest BCUT2D eigenvalue weighted by atomic mass is 10.1. The molecule has 0 spiro atoms. The molecule has 4 N–H and O–H groups in total. The van der Waals surface area contributed by atoms with E-state index in [1.807, 2.05) is 11.0 Å². The number of unbranched alkanes of at least 4 members (excludes halogenated alkanes) is 1. The largest absolute Gasteiger partial charge is 0.480 e.